The van der Waals surface area contributed by atoms with Gasteiger partial charge in [0.2, 0.25) is 0 Å². The van der Waals surface area contributed by atoms with Crippen molar-refractivity contribution in [2.24, 2.45) is 0 Å². The first-order valence-corrected chi connectivity index (χ1v) is 12.1. The van der Waals surface area contributed by atoms with E-state index < -0.39 is 10.1 Å². The Labute approximate surface area is 193 Å². The van der Waals surface area contributed by atoms with Crippen LogP contribution in [-0.2, 0) is 10.1 Å². The van der Waals surface area contributed by atoms with Gasteiger partial charge < -0.3 is 8.95 Å². The second kappa shape index (κ2) is 8.24. The average Bonchev–Trinajstić information content (AvgIpc) is 3.18. The summed E-state index contributed by atoms with van der Waals surface area (Å²) in [5, 5.41) is 4.78. The van der Waals surface area contributed by atoms with Gasteiger partial charge in [-0.3, -0.25) is 0 Å². The molecule has 0 aliphatic carbocycles. The first kappa shape index (κ1) is 22.9. The normalized spacial score (nSPS) is 11.7. The fourth-order valence-corrected chi connectivity index (χ4v) is 5.29. The molecule has 0 fully saturated rings. The Bertz CT molecular complexity index is 1630. The molecule has 2 aromatic carbocycles. The standard InChI is InChI=1S/C17H16N3.C9H12O3S/c1-11-6-7-15-16(9-11)20-17(10-12(2)13(3)18-20)14-5-4-8-19(14)15;1-6-4-7(2)9(8(3)5-6)13(10,11)12/h4-10H,1-3H3;4-5H,1-3H3,(H,10,11,12)/q+1;/p-1. The number of hydrogen-bond donors (Lipinski definition) is 0. The molecule has 5 rings (SSSR count). The lowest BCUT2D eigenvalue weighted by Gasteiger charge is -2.14. The molecule has 0 radical (unpaired) electrons. The number of rotatable bonds is 1. The number of nitrogens with zero attached hydrogens (tertiary/aromatic N) is 3. The summed E-state index contributed by atoms with van der Waals surface area (Å²) in [5.41, 5.74) is 10.2. The minimum Gasteiger partial charge on any atom is -0.744 e. The van der Waals surface area contributed by atoms with Crippen LogP contribution in [0.15, 0.2) is 59.6 Å². The number of hydrogen-bond acceptors (Lipinski definition) is 4. The molecule has 0 saturated heterocycles. The van der Waals surface area contributed by atoms with Crippen molar-refractivity contribution in [3.63, 3.8) is 0 Å². The SMILES string of the molecule is Cc1cc(C)c(S(=O)(=O)[O-])c(C)c1.Cc1ccc2c(c1)[n+]1nc(C)c(C)cc1c1cccn21. The van der Waals surface area contributed by atoms with Gasteiger partial charge in [-0.2, -0.15) is 0 Å². The number of fused-ring (bicyclic) bond motifs is 6. The van der Waals surface area contributed by atoms with Gasteiger partial charge in [0.25, 0.3) is 11.0 Å². The monoisotopic (exact) mass is 461 g/mol. The summed E-state index contributed by atoms with van der Waals surface area (Å²) in [5.74, 6) is 0. The highest BCUT2D eigenvalue weighted by Gasteiger charge is 2.18. The Balaban J connectivity index is 0.000000174. The van der Waals surface area contributed by atoms with Crippen molar-refractivity contribution >= 4 is 32.2 Å². The number of benzene rings is 2. The molecule has 0 aliphatic heterocycles. The van der Waals surface area contributed by atoms with E-state index in [0.29, 0.717) is 11.1 Å². The summed E-state index contributed by atoms with van der Waals surface area (Å²) in [7, 11) is -4.33. The molecule has 33 heavy (non-hydrogen) atoms. The minimum absolute atomic E-state index is 0.0851. The zero-order valence-corrected chi connectivity index (χ0v) is 20.5. The Kier molecular flexibility index (Phi) is 5.72. The summed E-state index contributed by atoms with van der Waals surface area (Å²) in [6.07, 6.45) is 2.11. The van der Waals surface area contributed by atoms with Crippen molar-refractivity contribution < 1.29 is 17.5 Å². The van der Waals surface area contributed by atoms with E-state index in [1.54, 1.807) is 26.0 Å². The molecular weight excluding hydrogens is 434 g/mol. The van der Waals surface area contributed by atoms with E-state index in [4.69, 9.17) is 5.10 Å². The number of aromatic nitrogens is 3. The van der Waals surface area contributed by atoms with Crippen molar-refractivity contribution in [3.8, 4) is 0 Å². The summed E-state index contributed by atoms with van der Waals surface area (Å²) < 4.78 is 36.8. The van der Waals surface area contributed by atoms with Gasteiger partial charge in [0.15, 0.2) is 0 Å². The fourth-order valence-electron chi connectivity index (χ4n) is 4.39. The van der Waals surface area contributed by atoms with Gasteiger partial charge in [0.1, 0.15) is 26.8 Å². The van der Waals surface area contributed by atoms with Crippen molar-refractivity contribution in [1.82, 2.24) is 9.50 Å². The quantitative estimate of drug-likeness (QED) is 0.206. The third-order valence-corrected chi connectivity index (χ3v) is 7.03. The lowest BCUT2D eigenvalue weighted by Crippen LogP contribution is -2.30. The van der Waals surface area contributed by atoms with E-state index >= 15 is 0 Å². The average molecular weight is 462 g/mol. The highest BCUT2D eigenvalue weighted by molar-refractivity contribution is 7.85. The summed E-state index contributed by atoms with van der Waals surface area (Å²) in [6.45, 7) is 11.4. The number of aryl methyl sites for hydroxylation is 6. The van der Waals surface area contributed by atoms with E-state index in [0.717, 1.165) is 22.3 Å². The molecule has 170 valence electrons. The van der Waals surface area contributed by atoms with Gasteiger partial charge in [0, 0.05) is 23.4 Å². The Hall–Kier alpha value is -3.29. The molecule has 7 heteroatoms. The molecule has 0 unspecified atom stereocenters. The van der Waals surface area contributed by atoms with Crippen LogP contribution in [0.2, 0.25) is 0 Å². The van der Waals surface area contributed by atoms with Crippen LogP contribution in [0.25, 0.3) is 22.1 Å². The van der Waals surface area contributed by atoms with E-state index in [1.807, 2.05) is 6.92 Å². The van der Waals surface area contributed by atoms with Gasteiger partial charge in [-0.15, -0.1) is 0 Å². The van der Waals surface area contributed by atoms with Crippen molar-refractivity contribution in [2.75, 3.05) is 0 Å². The summed E-state index contributed by atoms with van der Waals surface area (Å²) in [4.78, 5) is -0.0851. The molecule has 0 bridgehead atoms. The smallest absolute Gasteiger partial charge is 0.262 e. The molecule has 3 heterocycles. The predicted octanol–water partition coefficient (Wildman–Crippen LogP) is 4.67. The highest BCUT2D eigenvalue weighted by Crippen LogP contribution is 2.21. The maximum atomic E-state index is 10.8. The maximum absolute atomic E-state index is 10.8. The van der Waals surface area contributed by atoms with Crippen LogP contribution in [0.1, 0.15) is 33.5 Å². The van der Waals surface area contributed by atoms with Gasteiger partial charge in [-0.05, 0) is 86.5 Å². The largest absolute Gasteiger partial charge is 0.744 e. The van der Waals surface area contributed by atoms with E-state index in [-0.39, 0.29) is 4.90 Å². The molecule has 6 nitrogen and oxygen atoms in total. The van der Waals surface area contributed by atoms with Crippen molar-refractivity contribution in [3.05, 3.63) is 88.2 Å². The van der Waals surface area contributed by atoms with Crippen LogP contribution >= 0.6 is 0 Å². The summed E-state index contributed by atoms with van der Waals surface area (Å²) in [6, 6.07) is 16.4. The molecule has 0 saturated carbocycles. The lowest BCUT2D eigenvalue weighted by molar-refractivity contribution is -0.553. The molecule has 0 spiro atoms. The first-order chi connectivity index (χ1) is 15.5. The van der Waals surface area contributed by atoms with E-state index in [1.165, 1.54) is 22.2 Å². The Morgan fingerprint density at radius 1 is 0.788 bits per heavy atom. The highest BCUT2D eigenvalue weighted by atomic mass is 32.2. The maximum Gasteiger partial charge on any atom is 0.262 e. The third-order valence-electron chi connectivity index (χ3n) is 5.89. The van der Waals surface area contributed by atoms with Gasteiger partial charge in [0.05, 0.1) is 4.90 Å². The topological polar surface area (TPSA) is 78.6 Å². The van der Waals surface area contributed by atoms with Crippen LogP contribution in [0.5, 0.6) is 0 Å². The second-order valence-electron chi connectivity index (χ2n) is 8.65. The van der Waals surface area contributed by atoms with Crippen molar-refractivity contribution in [1.29, 1.82) is 0 Å². The first-order valence-electron chi connectivity index (χ1n) is 10.7. The molecule has 5 aromatic rings. The van der Waals surface area contributed by atoms with Gasteiger partial charge in [-0.1, -0.05) is 23.8 Å². The molecular formula is C26H27N3O3S. The Morgan fingerprint density at radius 3 is 2.03 bits per heavy atom. The van der Waals surface area contributed by atoms with Gasteiger partial charge in [-0.25, -0.2) is 8.42 Å². The molecule has 0 aliphatic rings. The van der Waals surface area contributed by atoms with Gasteiger partial charge >= 0.3 is 0 Å². The van der Waals surface area contributed by atoms with Crippen LogP contribution in [0.3, 0.4) is 0 Å². The second-order valence-corrected chi connectivity index (χ2v) is 9.96. The minimum atomic E-state index is -4.33. The molecule has 0 amide bonds. The third kappa shape index (κ3) is 4.21. The molecule has 0 atom stereocenters. The molecule has 0 N–H and O–H groups in total. The summed E-state index contributed by atoms with van der Waals surface area (Å²) >= 11 is 0. The van der Waals surface area contributed by atoms with Crippen LogP contribution < -0.4 is 4.52 Å². The predicted molar refractivity (Wildman–Crippen MR) is 129 cm³/mol. The fraction of sp³-hybridized carbons (Fsp3) is 0.231. The van der Waals surface area contributed by atoms with E-state index in [2.05, 4.69) is 72.3 Å². The van der Waals surface area contributed by atoms with Crippen LogP contribution in [0.4, 0.5) is 0 Å². The van der Waals surface area contributed by atoms with Crippen LogP contribution in [0, 0.1) is 41.5 Å². The van der Waals surface area contributed by atoms with E-state index in [9.17, 15) is 13.0 Å². The van der Waals surface area contributed by atoms with Crippen LogP contribution in [-0.4, -0.2) is 22.5 Å². The molecule has 3 aromatic heterocycles. The zero-order chi connectivity index (χ0) is 24.1. The lowest BCUT2D eigenvalue weighted by atomic mass is 10.1. The Morgan fingerprint density at radius 2 is 1.39 bits per heavy atom. The zero-order valence-electron chi connectivity index (χ0n) is 19.7. The van der Waals surface area contributed by atoms with Crippen molar-refractivity contribution in [2.45, 2.75) is 46.4 Å².